The molecule has 1 fully saturated rings. The molecular formula is C27H36O2. The Balaban J connectivity index is 1.95. The number of hydrogen-bond donors (Lipinski definition) is 0. The van der Waals surface area contributed by atoms with E-state index in [1.165, 1.54) is 36.8 Å². The highest BCUT2D eigenvalue weighted by atomic mass is 16.6. The predicted octanol–water partition coefficient (Wildman–Crippen LogP) is 7.26. The molecule has 0 amide bonds. The Morgan fingerprint density at radius 3 is 1.93 bits per heavy atom. The molecule has 0 saturated heterocycles. The van der Waals surface area contributed by atoms with Crippen molar-refractivity contribution in [1.29, 1.82) is 0 Å². The molecule has 156 valence electrons. The van der Waals surface area contributed by atoms with Crippen LogP contribution in [0.2, 0.25) is 0 Å². The first kappa shape index (κ1) is 21.6. The molecule has 0 bridgehead atoms. The minimum absolute atomic E-state index is 0.0289. The average Bonchev–Trinajstić information content (AvgIpc) is 2.71. The summed E-state index contributed by atoms with van der Waals surface area (Å²) in [5.74, 6) is 0.554. The lowest BCUT2D eigenvalue weighted by molar-refractivity contribution is -0.161. The van der Waals surface area contributed by atoms with Crippen LogP contribution in [0.25, 0.3) is 0 Å². The van der Waals surface area contributed by atoms with E-state index in [1.807, 2.05) is 20.8 Å². The van der Waals surface area contributed by atoms with Crippen LogP contribution in [-0.4, -0.2) is 11.6 Å². The number of benzene rings is 2. The summed E-state index contributed by atoms with van der Waals surface area (Å²) in [7, 11) is 0. The van der Waals surface area contributed by atoms with E-state index < -0.39 is 5.60 Å². The lowest BCUT2D eigenvalue weighted by atomic mass is 9.74. The molecule has 0 aliphatic heterocycles. The van der Waals surface area contributed by atoms with Crippen LogP contribution in [0.4, 0.5) is 0 Å². The lowest BCUT2D eigenvalue weighted by Crippen LogP contribution is -2.32. The fraction of sp³-hybridized carbons (Fsp3) is 0.519. The second-order valence-electron chi connectivity index (χ2n) is 9.49. The number of hydrogen-bond acceptors (Lipinski definition) is 2. The van der Waals surface area contributed by atoms with E-state index in [1.54, 1.807) is 0 Å². The van der Waals surface area contributed by atoms with E-state index in [2.05, 4.69) is 60.7 Å². The van der Waals surface area contributed by atoms with Gasteiger partial charge in [0.25, 0.3) is 0 Å². The second kappa shape index (κ2) is 10.1. The molecule has 1 aliphatic carbocycles. The Morgan fingerprint density at radius 2 is 1.34 bits per heavy atom. The zero-order valence-corrected chi connectivity index (χ0v) is 18.3. The van der Waals surface area contributed by atoms with Crippen LogP contribution in [0.1, 0.15) is 88.7 Å². The zero-order valence-electron chi connectivity index (χ0n) is 18.3. The summed E-state index contributed by atoms with van der Waals surface area (Å²) in [5, 5.41) is 0. The molecule has 29 heavy (non-hydrogen) atoms. The Hall–Kier alpha value is -2.09. The zero-order chi connectivity index (χ0) is 20.7. The molecule has 2 aromatic rings. The van der Waals surface area contributed by atoms with E-state index >= 15 is 0 Å². The first-order valence-corrected chi connectivity index (χ1v) is 11.3. The summed E-state index contributed by atoms with van der Waals surface area (Å²) in [6.07, 6.45) is 7.91. The van der Waals surface area contributed by atoms with Gasteiger partial charge in [-0.3, -0.25) is 4.79 Å². The van der Waals surface area contributed by atoms with Crippen LogP contribution in [0.5, 0.6) is 0 Å². The van der Waals surface area contributed by atoms with Crippen molar-refractivity contribution in [3.05, 3.63) is 71.8 Å². The molecule has 1 aliphatic rings. The molecule has 3 atom stereocenters. The minimum Gasteiger partial charge on any atom is -0.460 e. The van der Waals surface area contributed by atoms with Crippen molar-refractivity contribution in [2.24, 2.45) is 5.92 Å². The SMILES string of the molecule is CC(C)(C)OC(=O)C1CCCCCCC(c2ccccc2)CC1c1ccccc1. The van der Waals surface area contributed by atoms with E-state index in [0.29, 0.717) is 5.92 Å². The minimum atomic E-state index is -0.452. The predicted molar refractivity (Wildman–Crippen MR) is 120 cm³/mol. The van der Waals surface area contributed by atoms with E-state index in [0.717, 1.165) is 19.3 Å². The van der Waals surface area contributed by atoms with Crippen molar-refractivity contribution in [3.63, 3.8) is 0 Å². The van der Waals surface area contributed by atoms with E-state index in [-0.39, 0.29) is 17.8 Å². The molecule has 0 spiro atoms. The van der Waals surface area contributed by atoms with Gasteiger partial charge in [-0.1, -0.05) is 86.3 Å². The van der Waals surface area contributed by atoms with Crippen LogP contribution in [-0.2, 0) is 9.53 Å². The van der Waals surface area contributed by atoms with Gasteiger partial charge >= 0.3 is 5.97 Å². The van der Waals surface area contributed by atoms with Crippen LogP contribution in [0.3, 0.4) is 0 Å². The topological polar surface area (TPSA) is 26.3 Å². The van der Waals surface area contributed by atoms with Gasteiger partial charge in [-0.15, -0.1) is 0 Å². The molecule has 2 heteroatoms. The van der Waals surface area contributed by atoms with E-state index in [9.17, 15) is 4.79 Å². The third-order valence-corrected chi connectivity index (χ3v) is 6.05. The second-order valence-corrected chi connectivity index (χ2v) is 9.49. The largest absolute Gasteiger partial charge is 0.460 e. The highest BCUT2D eigenvalue weighted by Crippen LogP contribution is 2.41. The van der Waals surface area contributed by atoms with E-state index in [4.69, 9.17) is 4.74 Å². The van der Waals surface area contributed by atoms with Crippen LogP contribution in [0, 0.1) is 5.92 Å². The summed E-state index contributed by atoms with van der Waals surface area (Å²) in [4.78, 5) is 13.3. The van der Waals surface area contributed by atoms with Crippen molar-refractivity contribution < 1.29 is 9.53 Å². The van der Waals surface area contributed by atoms with Gasteiger partial charge in [-0.2, -0.15) is 0 Å². The highest BCUT2D eigenvalue weighted by Gasteiger charge is 2.35. The molecule has 2 aromatic carbocycles. The van der Waals surface area contributed by atoms with Gasteiger partial charge in [-0.25, -0.2) is 0 Å². The Labute approximate surface area is 176 Å². The average molecular weight is 393 g/mol. The maximum atomic E-state index is 13.3. The number of esters is 1. The Kier molecular flexibility index (Phi) is 7.52. The number of rotatable bonds is 3. The fourth-order valence-corrected chi connectivity index (χ4v) is 4.65. The molecule has 3 unspecified atom stereocenters. The fourth-order valence-electron chi connectivity index (χ4n) is 4.65. The van der Waals surface area contributed by atoms with Gasteiger partial charge in [0.2, 0.25) is 0 Å². The van der Waals surface area contributed by atoms with Crippen molar-refractivity contribution in [2.45, 2.75) is 83.2 Å². The van der Waals surface area contributed by atoms with Crippen LogP contribution >= 0.6 is 0 Å². The molecule has 2 nitrogen and oxygen atoms in total. The van der Waals surface area contributed by atoms with Gasteiger partial charge in [0, 0.05) is 0 Å². The van der Waals surface area contributed by atoms with Gasteiger partial charge in [0.1, 0.15) is 5.60 Å². The summed E-state index contributed by atoms with van der Waals surface area (Å²) in [6, 6.07) is 21.5. The molecular weight excluding hydrogens is 356 g/mol. The number of carbonyl (C=O) groups excluding carboxylic acids is 1. The first-order valence-electron chi connectivity index (χ1n) is 11.3. The van der Waals surface area contributed by atoms with Crippen molar-refractivity contribution >= 4 is 5.97 Å². The van der Waals surface area contributed by atoms with Gasteiger partial charge in [0.05, 0.1) is 5.92 Å². The van der Waals surface area contributed by atoms with Crippen LogP contribution in [0.15, 0.2) is 60.7 Å². The van der Waals surface area contributed by atoms with Crippen molar-refractivity contribution in [1.82, 2.24) is 0 Å². The molecule has 0 heterocycles. The first-order chi connectivity index (χ1) is 13.9. The highest BCUT2D eigenvalue weighted by molar-refractivity contribution is 5.74. The Bertz CT molecular complexity index is 745. The maximum Gasteiger partial charge on any atom is 0.310 e. The maximum absolute atomic E-state index is 13.3. The van der Waals surface area contributed by atoms with Crippen molar-refractivity contribution in [2.75, 3.05) is 0 Å². The summed E-state index contributed by atoms with van der Waals surface area (Å²) < 4.78 is 5.90. The summed E-state index contributed by atoms with van der Waals surface area (Å²) >= 11 is 0. The van der Waals surface area contributed by atoms with Gasteiger partial charge in [-0.05, 0) is 63.0 Å². The molecule has 1 saturated carbocycles. The molecule has 0 radical (unpaired) electrons. The molecule has 0 aromatic heterocycles. The lowest BCUT2D eigenvalue weighted by Gasteiger charge is -2.33. The quantitative estimate of drug-likeness (QED) is 0.514. The van der Waals surface area contributed by atoms with Crippen molar-refractivity contribution in [3.8, 4) is 0 Å². The van der Waals surface area contributed by atoms with Gasteiger partial charge in [0.15, 0.2) is 0 Å². The Morgan fingerprint density at radius 1 is 0.793 bits per heavy atom. The summed E-state index contributed by atoms with van der Waals surface area (Å²) in [6.45, 7) is 5.90. The third-order valence-electron chi connectivity index (χ3n) is 6.05. The van der Waals surface area contributed by atoms with Gasteiger partial charge < -0.3 is 4.74 Å². The monoisotopic (exact) mass is 392 g/mol. The summed E-state index contributed by atoms with van der Waals surface area (Å²) in [5.41, 5.74) is 2.22. The van der Waals surface area contributed by atoms with Crippen LogP contribution < -0.4 is 0 Å². The normalized spacial score (nSPS) is 23.9. The molecule has 3 rings (SSSR count). The smallest absolute Gasteiger partial charge is 0.310 e. The molecule has 0 N–H and O–H groups in total. The third kappa shape index (κ3) is 6.45. The standard InChI is InChI=1S/C27H36O2/c1-27(2,3)29-26(28)24-19-13-5-4-8-18-23(21-14-9-6-10-15-21)20-25(24)22-16-11-7-12-17-22/h6-7,9-12,14-17,23-25H,4-5,8,13,18-20H2,1-3H3. The number of carbonyl (C=O) groups is 1. The number of ether oxygens (including phenoxy) is 1.